The standard InChI is InChI=1S/C16H15ClN4O3/c1-3-24-14(22)9-20-16(23)15-13(10(2)19-20)8-18-21(15)12-6-4-5-11(17)7-12/h4-8H,3,9H2,1-2H3. The molecule has 0 radical (unpaired) electrons. The lowest BCUT2D eigenvalue weighted by Crippen LogP contribution is -2.29. The summed E-state index contributed by atoms with van der Waals surface area (Å²) in [7, 11) is 0. The Kier molecular flexibility index (Phi) is 4.35. The van der Waals surface area contributed by atoms with Crippen molar-refractivity contribution in [1.29, 1.82) is 0 Å². The molecule has 0 unspecified atom stereocenters. The van der Waals surface area contributed by atoms with Crippen LogP contribution in [0.3, 0.4) is 0 Å². The molecule has 0 N–H and O–H groups in total. The van der Waals surface area contributed by atoms with E-state index in [0.29, 0.717) is 27.3 Å². The Morgan fingerprint density at radius 1 is 1.38 bits per heavy atom. The van der Waals surface area contributed by atoms with Crippen LogP contribution in [0, 0.1) is 6.92 Å². The third-order valence-electron chi connectivity index (χ3n) is 3.50. The Labute approximate surface area is 142 Å². The van der Waals surface area contributed by atoms with E-state index in [1.165, 1.54) is 4.68 Å². The largest absolute Gasteiger partial charge is 0.465 e. The van der Waals surface area contributed by atoms with Crippen molar-refractivity contribution in [1.82, 2.24) is 19.6 Å². The van der Waals surface area contributed by atoms with Gasteiger partial charge >= 0.3 is 5.97 Å². The topological polar surface area (TPSA) is 79.0 Å². The Bertz CT molecular complexity index is 977. The lowest BCUT2D eigenvalue weighted by molar-refractivity contribution is -0.144. The van der Waals surface area contributed by atoms with Gasteiger partial charge in [-0.25, -0.2) is 9.36 Å². The van der Waals surface area contributed by atoms with Gasteiger partial charge in [-0.3, -0.25) is 9.59 Å². The number of benzene rings is 1. The van der Waals surface area contributed by atoms with Crippen LogP contribution in [-0.2, 0) is 16.1 Å². The van der Waals surface area contributed by atoms with E-state index in [2.05, 4.69) is 10.2 Å². The van der Waals surface area contributed by atoms with Crippen molar-refractivity contribution in [3.63, 3.8) is 0 Å². The maximum Gasteiger partial charge on any atom is 0.327 e. The lowest BCUT2D eigenvalue weighted by atomic mass is 10.2. The van der Waals surface area contributed by atoms with E-state index >= 15 is 0 Å². The number of aryl methyl sites for hydroxylation is 1. The van der Waals surface area contributed by atoms with Crippen LogP contribution in [0.15, 0.2) is 35.3 Å². The maximum absolute atomic E-state index is 12.8. The Balaban J connectivity index is 2.18. The third-order valence-corrected chi connectivity index (χ3v) is 3.74. The summed E-state index contributed by atoms with van der Waals surface area (Å²) in [5.74, 6) is -0.514. The van der Waals surface area contributed by atoms with Crippen LogP contribution < -0.4 is 5.56 Å². The molecule has 0 aliphatic heterocycles. The number of halogens is 1. The fourth-order valence-corrected chi connectivity index (χ4v) is 2.65. The zero-order chi connectivity index (χ0) is 17.3. The van der Waals surface area contributed by atoms with Gasteiger partial charge in [-0.15, -0.1) is 0 Å². The molecule has 24 heavy (non-hydrogen) atoms. The van der Waals surface area contributed by atoms with Crippen LogP contribution in [0.25, 0.3) is 16.6 Å². The number of nitrogens with zero attached hydrogens (tertiary/aromatic N) is 4. The van der Waals surface area contributed by atoms with Gasteiger partial charge in [0.1, 0.15) is 12.1 Å². The first kappa shape index (κ1) is 16.2. The fourth-order valence-electron chi connectivity index (χ4n) is 2.46. The molecular formula is C16H15ClN4O3. The third kappa shape index (κ3) is 2.90. The Morgan fingerprint density at radius 3 is 2.88 bits per heavy atom. The number of fused-ring (bicyclic) bond motifs is 1. The molecule has 3 rings (SSSR count). The summed E-state index contributed by atoms with van der Waals surface area (Å²) in [6.07, 6.45) is 1.58. The predicted octanol–water partition coefficient (Wildman–Crippen LogP) is 2.11. The first-order chi connectivity index (χ1) is 11.5. The molecular weight excluding hydrogens is 332 g/mol. The van der Waals surface area contributed by atoms with E-state index in [9.17, 15) is 9.59 Å². The van der Waals surface area contributed by atoms with Gasteiger partial charge in [0, 0.05) is 10.4 Å². The van der Waals surface area contributed by atoms with Gasteiger partial charge in [0.15, 0.2) is 0 Å². The summed E-state index contributed by atoms with van der Waals surface area (Å²) in [5.41, 5.74) is 1.18. The van der Waals surface area contributed by atoms with Gasteiger partial charge in [-0.1, -0.05) is 17.7 Å². The molecule has 0 saturated heterocycles. The molecule has 0 saturated carbocycles. The minimum Gasteiger partial charge on any atom is -0.465 e. The predicted molar refractivity (Wildman–Crippen MR) is 89.5 cm³/mol. The average Bonchev–Trinajstić information content (AvgIpc) is 2.98. The SMILES string of the molecule is CCOC(=O)Cn1nc(C)c2cnn(-c3cccc(Cl)c3)c2c1=O. The monoisotopic (exact) mass is 346 g/mol. The molecule has 0 aliphatic carbocycles. The molecule has 0 amide bonds. The summed E-state index contributed by atoms with van der Waals surface area (Å²) in [4.78, 5) is 24.4. The molecule has 7 nitrogen and oxygen atoms in total. The Hall–Kier alpha value is -2.67. The summed E-state index contributed by atoms with van der Waals surface area (Å²) in [6.45, 7) is 3.46. The van der Waals surface area contributed by atoms with Crippen molar-refractivity contribution in [2.24, 2.45) is 0 Å². The fraction of sp³-hybridized carbons (Fsp3) is 0.250. The summed E-state index contributed by atoms with van der Waals surface area (Å²) in [5, 5.41) is 9.61. The van der Waals surface area contributed by atoms with Crippen molar-refractivity contribution >= 4 is 28.5 Å². The molecule has 1 aromatic carbocycles. The summed E-state index contributed by atoms with van der Waals surface area (Å²) >= 11 is 6.02. The van der Waals surface area contributed by atoms with Crippen molar-refractivity contribution in [3.8, 4) is 5.69 Å². The van der Waals surface area contributed by atoms with Crippen molar-refractivity contribution in [2.75, 3.05) is 6.61 Å². The molecule has 2 heterocycles. The molecule has 2 aromatic heterocycles. The molecule has 0 aliphatic rings. The Morgan fingerprint density at radius 2 is 2.17 bits per heavy atom. The van der Waals surface area contributed by atoms with E-state index in [-0.39, 0.29) is 13.2 Å². The van der Waals surface area contributed by atoms with Crippen LogP contribution in [-0.4, -0.2) is 32.1 Å². The lowest BCUT2D eigenvalue weighted by Gasteiger charge is -2.08. The van der Waals surface area contributed by atoms with Gasteiger partial charge in [0.05, 0.1) is 24.2 Å². The number of aromatic nitrogens is 4. The number of carbonyl (C=O) groups excluding carboxylic acids is 1. The van der Waals surface area contributed by atoms with Crippen molar-refractivity contribution in [2.45, 2.75) is 20.4 Å². The highest BCUT2D eigenvalue weighted by molar-refractivity contribution is 6.30. The zero-order valence-corrected chi connectivity index (χ0v) is 13.9. The highest BCUT2D eigenvalue weighted by Gasteiger charge is 2.17. The first-order valence-corrected chi connectivity index (χ1v) is 7.76. The van der Waals surface area contributed by atoms with Crippen molar-refractivity contribution in [3.05, 3.63) is 51.5 Å². The number of rotatable bonds is 4. The van der Waals surface area contributed by atoms with Crippen LogP contribution >= 0.6 is 11.6 Å². The number of hydrogen-bond donors (Lipinski definition) is 0. The molecule has 124 valence electrons. The summed E-state index contributed by atoms with van der Waals surface area (Å²) < 4.78 is 7.48. The zero-order valence-electron chi connectivity index (χ0n) is 13.2. The van der Waals surface area contributed by atoms with E-state index in [1.54, 1.807) is 44.3 Å². The van der Waals surface area contributed by atoms with Crippen LogP contribution in [0.1, 0.15) is 12.6 Å². The van der Waals surface area contributed by atoms with Gasteiger partial charge in [0.2, 0.25) is 0 Å². The number of hydrogen-bond acceptors (Lipinski definition) is 5. The number of esters is 1. The van der Waals surface area contributed by atoms with Gasteiger partial charge in [-0.2, -0.15) is 10.2 Å². The highest BCUT2D eigenvalue weighted by Crippen LogP contribution is 2.19. The van der Waals surface area contributed by atoms with E-state index < -0.39 is 11.5 Å². The average molecular weight is 347 g/mol. The maximum atomic E-state index is 12.8. The van der Waals surface area contributed by atoms with E-state index in [0.717, 1.165) is 4.68 Å². The second kappa shape index (κ2) is 6.45. The molecule has 0 spiro atoms. The first-order valence-electron chi connectivity index (χ1n) is 7.38. The molecule has 0 bridgehead atoms. The van der Waals surface area contributed by atoms with Gasteiger partial charge < -0.3 is 4.74 Å². The van der Waals surface area contributed by atoms with E-state index in [4.69, 9.17) is 16.3 Å². The quantitative estimate of drug-likeness (QED) is 0.676. The normalized spacial score (nSPS) is 11.0. The van der Waals surface area contributed by atoms with Crippen LogP contribution in [0.5, 0.6) is 0 Å². The molecule has 0 fully saturated rings. The highest BCUT2D eigenvalue weighted by atomic mass is 35.5. The van der Waals surface area contributed by atoms with Gasteiger partial charge in [-0.05, 0) is 32.0 Å². The van der Waals surface area contributed by atoms with Crippen LogP contribution in [0.4, 0.5) is 0 Å². The minimum atomic E-state index is -0.514. The molecule has 8 heteroatoms. The van der Waals surface area contributed by atoms with Crippen molar-refractivity contribution < 1.29 is 9.53 Å². The van der Waals surface area contributed by atoms with Gasteiger partial charge in [0.25, 0.3) is 5.56 Å². The second-order valence-corrected chi connectivity index (χ2v) is 5.59. The summed E-state index contributed by atoms with van der Waals surface area (Å²) in [6, 6.07) is 7.01. The number of ether oxygens (including phenoxy) is 1. The molecule has 3 aromatic rings. The minimum absolute atomic E-state index is 0.245. The smallest absolute Gasteiger partial charge is 0.327 e. The van der Waals surface area contributed by atoms with E-state index in [1.807, 2.05) is 0 Å². The number of carbonyl (C=O) groups is 1. The van der Waals surface area contributed by atoms with Crippen LogP contribution in [0.2, 0.25) is 5.02 Å². The molecule has 0 atom stereocenters. The second-order valence-electron chi connectivity index (χ2n) is 5.15.